The van der Waals surface area contributed by atoms with Crippen LogP contribution in [0, 0.1) is 11.3 Å². The molecule has 0 aromatic heterocycles. The van der Waals surface area contributed by atoms with Gasteiger partial charge in [0.05, 0.1) is 0 Å². The van der Waals surface area contributed by atoms with Gasteiger partial charge in [0.15, 0.2) is 0 Å². The van der Waals surface area contributed by atoms with Gasteiger partial charge in [-0.3, -0.25) is 4.79 Å². The number of carbonyl (C=O) groups is 2. The van der Waals surface area contributed by atoms with Gasteiger partial charge in [0.25, 0.3) is 0 Å². The molecule has 0 atom stereocenters. The number of likely N-dealkylation sites (tertiary alicyclic amines) is 2. The van der Waals surface area contributed by atoms with Crippen LogP contribution in [0.1, 0.15) is 71.6 Å². The van der Waals surface area contributed by atoms with Crippen molar-refractivity contribution in [3.05, 3.63) is 0 Å². The van der Waals surface area contributed by atoms with Gasteiger partial charge in [-0.25, -0.2) is 4.79 Å². The van der Waals surface area contributed by atoms with E-state index in [4.69, 9.17) is 0 Å². The molecule has 5 heteroatoms. The summed E-state index contributed by atoms with van der Waals surface area (Å²) in [4.78, 5) is 28.7. The number of carbonyl (C=O) groups excluding carboxylic acids is 2. The van der Waals surface area contributed by atoms with Gasteiger partial charge in [-0.05, 0) is 49.9 Å². The molecule has 2 heterocycles. The first-order chi connectivity index (χ1) is 12.0. The number of hydrogen-bond donors (Lipinski definition) is 1. The van der Waals surface area contributed by atoms with Crippen LogP contribution in [0.25, 0.3) is 0 Å². The number of nitrogens with zero attached hydrogens (tertiary/aromatic N) is 2. The topological polar surface area (TPSA) is 52.7 Å². The summed E-state index contributed by atoms with van der Waals surface area (Å²) in [6.45, 7) is 7.55. The summed E-state index contributed by atoms with van der Waals surface area (Å²) in [6, 6.07) is 0.331. The molecular weight excluding hydrogens is 314 g/mol. The minimum absolute atomic E-state index is 0.111. The standard InChI is InChI=1S/C20H35N3O2/c1-16(2)15-18(24)22-11-5-17(6-12-22)21-19(25)23-13-9-20(10-14-23)7-3-4-8-20/h16-17H,3-15H2,1-2H3,(H,21,25). The van der Waals surface area contributed by atoms with Crippen LogP contribution < -0.4 is 5.32 Å². The molecular formula is C20H35N3O2. The van der Waals surface area contributed by atoms with Gasteiger partial charge < -0.3 is 15.1 Å². The van der Waals surface area contributed by atoms with Crippen LogP contribution in [-0.4, -0.2) is 54.0 Å². The molecule has 142 valence electrons. The zero-order valence-corrected chi connectivity index (χ0v) is 16.1. The summed E-state index contributed by atoms with van der Waals surface area (Å²) >= 11 is 0. The lowest BCUT2D eigenvalue weighted by atomic mass is 9.77. The van der Waals surface area contributed by atoms with Gasteiger partial charge in [0.2, 0.25) is 5.91 Å². The van der Waals surface area contributed by atoms with E-state index in [1.165, 1.54) is 38.5 Å². The van der Waals surface area contributed by atoms with Gasteiger partial charge in [0, 0.05) is 38.6 Å². The van der Waals surface area contributed by atoms with Gasteiger partial charge in [-0.2, -0.15) is 0 Å². The minimum atomic E-state index is 0.111. The van der Waals surface area contributed by atoms with E-state index in [0.29, 0.717) is 17.8 Å². The first kappa shape index (κ1) is 18.5. The average molecular weight is 350 g/mol. The third-order valence-corrected chi connectivity index (χ3v) is 6.53. The molecule has 1 aliphatic carbocycles. The molecule has 2 aliphatic heterocycles. The molecule has 0 unspecified atom stereocenters. The molecule has 0 bridgehead atoms. The van der Waals surface area contributed by atoms with Gasteiger partial charge >= 0.3 is 6.03 Å². The van der Waals surface area contributed by atoms with E-state index < -0.39 is 0 Å². The molecule has 0 radical (unpaired) electrons. The Morgan fingerprint density at radius 3 is 2.12 bits per heavy atom. The minimum Gasteiger partial charge on any atom is -0.343 e. The quantitative estimate of drug-likeness (QED) is 0.849. The second kappa shape index (κ2) is 7.96. The maximum absolute atomic E-state index is 12.6. The van der Waals surface area contributed by atoms with Crippen molar-refractivity contribution >= 4 is 11.9 Å². The van der Waals surface area contributed by atoms with Crippen LogP contribution in [0.4, 0.5) is 4.79 Å². The number of nitrogens with one attached hydrogen (secondary N) is 1. The second-order valence-corrected chi connectivity index (χ2v) is 8.90. The predicted octanol–water partition coefficient (Wildman–Crippen LogP) is 3.39. The molecule has 1 spiro atoms. The molecule has 1 N–H and O–H groups in total. The van der Waals surface area contributed by atoms with E-state index in [-0.39, 0.29) is 18.0 Å². The van der Waals surface area contributed by atoms with Crippen LogP contribution >= 0.6 is 0 Å². The van der Waals surface area contributed by atoms with Crippen molar-refractivity contribution in [2.75, 3.05) is 26.2 Å². The molecule has 1 saturated carbocycles. The van der Waals surface area contributed by atoms with Crippen LogP contribution in [0.3, 0.4) is 0 Å². The summed E-state index contributed by atoms with van der Waals surface area (Å²) in [5, 5.41) is 3.22. The molecule has 2 saturated heterocycles. The maximum Gasteiger partial charge on any atom is 0.317 e. The van der Waals surface area contributed by atoms with Crippen LogP contribution in [0.2, 0.25) is 0 Å². The number of hydrogen-bond acceptors (Lipinski definition) is 2. The maximum atomic E-state index is 12.6. The van der Waals surface area contributed by atoms with E-state index in [9.17, 15) is 9.59 Å². The summed E-state index contributed by atoms with van der Waals surface area (Å²) < 4.78 is 0. The highest BCUT2D eigenvalue weighted by Crippen LogP contribution is 2.46. The SMILES string of the molecule is CC(C)CC(=O)N1CCC(NC(=O)N2CCC3(CCCC3)CC2)CC1. The number of urea groups is 1. The van der Waals surface area contributed by atoms with Crippen molar-refractivity contribution < 1.29 is 9.59 Å². The van der Waals surface area contributed by atoms with Crippen molar-refractivity contribution in [2.24, 2.45) is 11.3 Å². The Labute approximate surface area is 152 Å². The lowest BCUT2D eigenvalue weighted by molar-refractivity contribution is -0.133. The van der Waals surface area contributed by atoms with Gasteiger partial charge in [0.1, 0.15) is 0 Å². The van der Waals surface area contributed by atoms with Crippen molar-refractivity contribution in [3.63, 3.8) is 0 Å². The van der Waals surface area contributed by atoms with Crippen LogP contribution in [0.5, 0.6) is 0 Å². The Bertz CT molecular complexity index is 467. The molecule has 3 rings (SSSR count). The molecule has 0 aromatic carbocycles. The fourth-order valence-corrected chi connectivity index (χ4v) is 4.83. The average Bonchev–Trinajstić information content (AvgIpc) is 3.03. The normalized spacial score (nSPS) is 24.1. The van der Waals surface area contributed by atoms with E-state index in [1.54, 1.807) is 0 Å². The van der Waals surface area contributed by atoms with E-state index in [1.807, 2.05) is 9.80 Å². The Morgan fingerprint density at radius 1 is 0.960 bits per heavy atom. The Hall–Kier alpha value is -1.26. The van der Waals surface area contributed by atoms with Crippen molar-refractivity contribution in [1.82, 2.24) is 15.1 Å². The molecule has 3 amide bonds. The summed E-state index contributed by atoms with van der Waals surface area (Å²) in [5.74, 6) is 0.671. The van der Waals surface area contributed by atoms with Crippen molar-refractivity contribution in [3.8, 4) is 0 Å². The monoisotopic (exact) mass is 349 g/mol. The first-order valence-electron chi connectivity index (χ1n) is 10.3. The third-order valence-electron chi connectivity index (χ3n) is 6.53. The van der Waals surface area contributed by atoms with Crippen molar-refractivity contribution in [2.45, 2.75) is 77.7 Å². The fraction of sp³-hybridized carbons (Fsp3) is 0.900. The van der Waals surface area contributed by atoms with E-state index in [2.05, 4.69) is 19.2 Å². The Balaban J connectivity index is 1.39. The second-order valence-electron chi connectivity index (χ2n) is 8.90. The smallest absolute Gasteiger partial charge is 0.317 e. The van der Waals surface area contributed by atoms with Gasteiger partial charge in [-0.1, -0.05) is 26.7 Å². The molecule has 25 heavy (non-hydrogen) atoms. The lowest BCUT2D eigenvalue weighted by Gasteiger charge is -2.40. The van der Waals surface area contributed by atoms with Crippen LogP contribution in [-0.2, 0) is 4.79 Å². The fourth-order valence-electron chi connectivity index (χ4n) is 4.83. The lowest BCUT2D eigenvalue weighted by Crippen LogP contribution is -2.52. The number of piperidine rings is 2. The van der Waals surface area contributed by atoms with E-state index in [0.717, 1.165) is 39.0 Å². The summed E-state index contributed by atoms with van der Waals surface area (Å²) in [5.41, 5.74) is 0.554. The zero-order chi connectivity index (χ0) is 17.9. The Kier molecular flexibility index (Phi) is 5.90. The van der Waals surface area contributed by atoms with Gasteiger partial charge in [-0.15, -0.1) is 0 Å². The molecule has 0 aromatic rings. The number of rotatable bonds is 3. The molecule has 5 nitrogen and oxygen atoms in total. The number of amides is 3. The summed E-state index contributed by atoms with van der Waals surface area (Å²) in [7, 11) is 0. The predicted molar refractivity (Wildman–Crippen MR) is 99.3 cm³/mol. The summed E-state index contributed by atoms with van der Waals surface area (Å²) in [6.07, 6.45) is 10.2. The largest absolute Gasteiger partial charge is 0.343 e. The molecule has 3 aliphatic rings. The van der Waals surface area contributed by atoms with E-state index >= 15 is 0 Å². The third kappa shape index (κ3) is 4.68. The first-order valence-corrected chi connectivity index (χ1v) is 10.3. The van der Waals surface area contributed by atoms with Crippen LogP contribution in [0.15, 0.2) is 0 Å². The highest BCUT2D eigenvalue weighted by molar-refractivity contribution is 5.77. The Morgan fingerprint density at radius 2 is 1.56 bits per heavy atom. The highest BCUT2D eigenvalue weighted by atomic mass is 16.2. The zero-order valence-electron chi connectivity index (χ0n) is 16.1. The van der Waals surface area contributed by atoms with Crippen molar-refractivity contribution in [1.29, 1.82) is 0 Å². The molecule has 3 fully saturated rings. The highest BCUT2D eigenvalue weighted by Gasteiger charge is 2.38.